The van der Waals surface area contributed by atoms with Crippen LogP contribution in [0.3, 0.4) is 0 Å². The van der Waals surface area contributed by atoms with E-state index in [9.17, 15) is 9.90 Å². The van der Waals surface area contributed by atoms with Crippen molar-refractivity contribution in [1.29, 1.82) is 0 Å². The van der Waals surface area contributed by atoms with Crippen molar-refractivity contribution in [3.8, 4) is 0 Å². The Hall–Kier alpha value is -1.07. The van der Waals surface area contributed by atoms with Gasteiger partial charge in [-0.05, 0) is 63.4 Å². The first-order valence-electron chi connectivity index (χ1n) is 9.64. The summed E-state index contributed by atoms with van der Waals surface area (Å²) in [7, 11) is 0. The molecule has 2 fully saturated rings. The zero-order chi connectivity index (χ0) is 16.9. The molecule has 1 saturated heterocycles. The number of hydrogen-bond acceptors (Lipinski definition) is 4. The van der Waals surface area contributed by atoms with Crippen molar-refractivity contribution >= 4 is 5.91 Å². The molecule has 0 aromatic rings. The summed E-state index contributed by atoms with van der Waals surface area (Å²) in [4.78, 5) is 14.7. The van der Waals surface area contributed by atoms with Crippen molar-refractivity contribution in [2.24, 2.45) is 17.8 Å². The lowest BCUT2D eigenvalue weighted by atomic mass is 9.68. The molecule has 2 heterocycles. The van der Waals surface area contributed by atoms with Gasteiger partial charge in [0.05, 0.1) is 0 Å². The Morgan fingerprint density at radius 3 is 2.67 bits per heavy atom. The van der Waals surface area contributed by atoms with E-state index in [1.807, 2.05) is 11.8 Å². The number of rotatable bonds is 7. The van der Waals surface area contributed by atoms with Gasteiger partial charge in [-0.2, -0.15) is 0 Å². The second-order valence-corrected chi connectivity index (χ2v) is 7.27. The molecule has 0 aromatic heterocycles. The van der Waals surface area contributed by atoms with Gasteiger partial charge in [0.1, 0.15) is 0 Å². The largest absolute Gasteiger partial charge is 0.459 e. The first-order chi connectivity index (χ1) is 11.7. The van der Waals surface area contributed by atoms with Crippen LogP contribution >= 0.6 is 0 Å². The van der Waals surface area contributed by atoms with Crippen molar-refractivity contribution in [2.45, 2.75) is 58.2 Å². The number of ether oxygens (including phenoxy) is 2. The van der Waals surface area contributed by atoms with E-state index < -0.39 is 0 Å². The summed E-state index contributed by atoms with van der Waals surface area (Å²) in [6, 6.07) is 0. The zero-order valence-corrected chi connectivity index (χ0v) is 14.8. The highest BCUT2D eigenvalue weighted by Gasteiger charge is 2.42. The van der Waals surface area contributed by atoms with Gasteiger partial charge >= 0.3 is 0 Å². The van der Waals surface area contributed by atoms with Crippen molar-refractivity contribution < 1.29 is 19.4 Å². The van der Waals surface area contributed by atoms with Crippen molar-refractivity contribution in [3.05, 3.63) is 11.8 Å². The fourth-order valence-electron chi connectivity index (χ4n) is 4.22. The maximum Gasteiger partial charge on any atom is 0.288 e. The minimum Gasteiger partial charge on any atom is -0.459 e. The predicted octanol–water partition coefficient (Wildman–Crippen LogP) is 2.69. The average Bonchev–Trinajstić information content (AvgIpc) is 3.06. The van der Waals surface area contributed by atoms with Crippen LogP contribution in [0.5, 0.6) is 0 Å². The fourth-order valence-corrected chi connectivity index (χ4v) is 4.22. The minimum absolute atomic E-state index is 0.0298. The Morgan fingerprint density at radius 1 is 1.33 bits per heavy atom. The smallest absolute Gasteiger partial charge is 0.288 e. The first kappa shape index (κ1) is 17.7. The quantitative estimate of drug-likeness (QED) is 0.776. The first-order valence-corrected chi connectivity index (χ1v) is 9.64. The van der Waals surface area contributed by atoms with Crippen LogP contribution in [0, 0.1) is 17.8 Å². The highest BCUT2D eigenvalue weighted by atomic mass is 16.7. The van der Waals surface area contributed by atoms with Gasteiger partial charge in [0.25, 0.3) is 5.91 Å². The topological polar surface area (TPSA) is 59.0 Å². The zero-order valence-electron chi connectivity index (χ0n) is 14.8. The number of hydrogen-bond donors (Lipinski definition) is 1. The summed E-state index contributed by atoms with van der Waals surface area (Å²) < 4.78 is 11.9. The lowest BCUT2D eigenvalue weighted by molar-refractivity contribution is -0.180. The molecular formula is C19H31NO4. The van der Waals surface area contributed by atoms with Gasteiger partial charge in [-0.25, -0.2) is 0 Å². The molecule has 3 atom stereocenters. The minimum atomic E-state index is -0.362. The number of amides is 1. The third-order valence-electron chi connectivity index (χ3n) is 5.76. The van der Waals surface area contributed by atoms with Gasteiger partial charge in [0.2, 0.25) is 6.29 Å². The molecule has 1 aliphatic carbocycles. The third kappa shape index (κ3) is 3.77. The van der Waals surface area contributed by atoms with Crippen LogP contribution in [-0.4, -0.2) is 48.5 Å². The van der Waals surface area contributed by atoms with E-state index in [0.717, 1.165) is 38.8 Å². The predicted molar refractivity (Wildman–Crippen MR) is 91.0 cm³/mol. The number of allylic oxidation sites excluding steroid dienone is 1. The van der Waals surface area contributed by atoms with Crippen molar-refractivity contribution in [1.82, 2.24) is 4.90 Å². The van der Waals surface area contributed by atoms with Crippen LogP contribution in [0.1, 0.15) is 51.9 Å². The summed E-state index contributed by atoms with van der Waals surface area (Å²) in [5.74, 6) is 1.71. The average molecular weight is 337 g/mol. The van der Waals surface area contributed by atoms with Gasteiger partial charge < -0.3 is 19.5 Å². The van der Waals surface area contributed by atoms with E-state index in [-0.39, 0.29) is 24.7 Å². The third-order valence-corrected chi connectivity index (χ3v) is 5.76. The van der Waals surface area contributed by atoms with E-state index in [1.165, 1.54) is 19.3 Å². The number of likely N-dealkylation sites (tertiary alicyclic amines) is 1. The molecule has 0 radical (unpaired) electrons. The second-order valence-electron chi connectivity index (χ2n) is 7.27. The maximum absolute atomic E-state index is 12.8. The number of aliphatic hydroxyl groups is 1. The summed E-state index contributed by atoms with van der Waals surface area (Å²) >= 11 is 0. The second kappa shape index (κ2) is 8.34. The van der Waals surface area contributed by atoms with Crippen LogP contribution in [0.2, 0.25) is 0 Å². The van der Waals surface area contributed by atoms with E-state index in [0.29, 0.717) is 24.2 Å². The molecule has 24 heavy (non-hydrogen) atoms. The SMILES string of the molecule is CCO[C@@H]1OC(C(=O)N2CCCC2)=C[C@H](C2CCC2)[C@H]1CCCO. The molecular weight excluding hydrogens is 306 g/mol. The molecule has 1 saturated carbocycles. The van der Waals surface area contributed by atoms with Crippen LogP contribution < -0.4 is 0 Å². The molecule has 136 valence electrons. The van der Waals surface area contributed by atoms with Gasteiger partial charge in [-0.3, -0.25) is 4.79 Å². The van der Waals surface area contributed by atoms with E-state index in [2.05, 4.69) is 6.08 Å². The lowest BCUT2D eigenvalue weighted by Gasteiger charge is -2.43. The molecule has 0 aromatic carbocycles. The van der Waals surface area contributed by atoms with E-state index in [4.69, 9.17) is 9.47 Å². The summed E-state index contributed by atoms with van der Waals surface area (Å²) in [5.41, 5.74) is 0. The molecule has 0 unspecified atom stereocenters. The van der Waals surface area contributed by atoms with Crippen LogP contribution in [0.25, 0.3) is 0 Å². The van der Waals surface area contributed by atoms with Gasteiger partial charge in [0, 0.05) is 32.2 Å². The van der Waals surface area contributed by atoms with Crippen molar-refractivity contribution in [3.63, 3.8) is 0 Å². The molecule has 1 amide bonds. The lowest BCUT2D eigenvalue weighted by Crippen LogP contribution is -2.43. The van der Waals surface area contributed by atoms with Crippen LogP contribution in [0.4, 0.5) is 0 Å². The number of carbonyl (C=O) groups excluding carboxylic acids is 1. The standard InChI is InChI=1S/C19H31NO4/c1-2-23-19-15(9-6-12-21)16(14-7-5-8-14)13-17(24-19)18(22)20-10-3-4-11-20/h13-16,19,21H,2-12H2,1H3/t15-,16-,19-/m1/s1. The highest BCUT2D eigenvalue weighted by Crippen LogP contribution is 2.44. The maximum atomic E-state index is 12.8. The van der Waals surface area contributed by atoms with Gasteiger partial charge in [0.15, 0.2) is 5.76 Å². The molecule has 2 aliphatic heterocycles. The van der Waals surface area contributed by atoms with Crippen LogP contribution in [-0.2, 0) is 14.3 Å². The van der Waals surface area contributed by atoms with Gasteiger partial charge in [-0.15, -0.1) is 0 Å². The molecule has 3 aliphatic rings. The summed E-state index contributed by atoms with van der Waals surface area (Å²) in [6.07, 6.45) is 9.24. The Morgan fingerprint density at radius 2 is 2.08 bits per heavy atom. The molecule has 0 bridgehead atoms. The number of nitrogens with zero attached hydrogens (tertiary/aromatic N) is 1. The number of aliphatic hydroxyl groups excluding tert-OH is 1. The molecule has 5 heteroatoms. The Balaban J connectivity index is 1.80. The fraction of sp³-hybridized carbons (Fsp3) is 0.842. The Kier molecular flexibility index (Phi) is 6.17. The van der Waals surface area contributed by atoms with Crippen molar-refractivity contribution in [2.75, 3.05) is 26.3 Å². The van der Waals surface area contributed by atoms with E-state index >= 15 is 0 Å². The Bertz CT molecular complexity index is 454. The van der Waals surface area contributed by atoms with Crippen LogP contribution in [0.15, 0.2) is 11.8 Å². The summed E-state index contributed by atoms with van der Waals surface area (Å²) in [6.45, 7) is 4.39. The van der Waals surface area contributed by atoms with E-state index in [1.54, 1.807) is 0 Å². The molecule has 3 rings (SSSR count). The molecule has 1 N–H and O–H groups in total. The monoisotopic (exact) mass is 337 g/mol. The molecule has 0 spiro atoms. The summed E-state index contributed by atoms with van der Waals surface area (Å²) in [5, 5.41) is 9.24. The Labute approximate surface area is 145 Å². The number of carbonyl (C=O) groups is 1. The van der Waals surface area contributed by atoms with Gasteiger partial charge in [-0.1, -0.05) is 6.42 Å². The normalized spacial score (nSPS) is 30.7. The molecule has 5 nitrogen and oxygen atoms in total. The highest BCUT2D eigenvalue weighted by molar-refractivity contribution is 5.91.